The minimum absolute atomic E-state index is 0.0594. The molecule has 0 fully saturated rings. The molecule has 2 aromatic carbocycles. The van der Waals surface area contributed by atoms with Gasteiger partial charge < -0.3 is 27.3 Å². The van der Waals surface area contributed by atoms with Gasteiger partial charge in [-0.05, 0) is 42.8 Å². The van der Waals surface area contributed by atoms with Crippen LogP contribution >= 0.6 is 0 Å². The van der Waals surface area contributed by atoms with Crippen LogP contribution in [0.25, 0.3) is 0 Å². The first-order valence-electron chi connectivity index (χ1n) is 9.46. The highest BCUT2D eigenvalue weighted by atomic mass is 16.5. The number of rotatable bonds is 9. The summed E-state index contributed by atoms with van der Waals surface area (Å²) in [6.45, 7) is 2.16. The third-order valence-corrected chi connectivity index (χ3v) is 4.22. The topological polar surface area (TPSA) is 133 Å². The zero-order chi connectivity index (χ0) is 20.5. The zero-order valence-corrected chi connectivity index (χ0v) is 16.2. The average molecular weight is 384 g/mol. The Balaban J connectivity index is 1.92. The Kier molecular flexibility index (Phi) is 7.68. The molecule has 28 heavy (non-hydrogen) atoms. The van der Waals surface area contributed by atoms with Crippen LogP contribution in [0.3, 0.4) is 0 Å². The minimum atomic E-state index is -0.616. The standard InChI is InChI=1S/C21H28N4O3/c1-2-3-4-5-6-7-20(26)25-17-8-9-19(18(24)13-17)28-21(27)14-10-15(22)12-16(23)11-14/h8-13H,2-7,22-24H2,1H3,(H,25,26). The molecule has 0 heterocycles. The van der Waals surface area contributed by atoms with Crippen LogP contribution in [0, 0.1) is 0 Å². The molecule has 0 aliphatic heterocycles. The van der Waals surface area contributed by atoms with E-state index in [0.717, 1.165) is 19.3 Å². The first kappa shape index (κ1) is 21.1. The summed E-state index contributed by atoms with van der Waals surface area (Å²) in [5.41, 5.74) is 19.1. The number of nitrogens with two attached hydrogens (primary N) is 3. The molecule has 0 aromatic heterocycles. The van der Waals surface area contributed by atoms with E-state index < -0.39 is 5.97 Å². The van der Waals surface area contributed by atoms with Gasteiger partial charge in [-0.25, -0.2) is 4.79 Å². The molecular weight excluding hydrogens is 356 g/mol. The Morgan fingerprint density at radius 3 is 2.25 bits per heavy atom. The van der Waals surface area contributed by atoms with Gasteiger partial charge in [-0.15, -0.1) is 0 Å². The molecule has 0 spiro atoms. The fourth-order valence-electron chi connectivity index (χ4n) is 2.78. The van der Waals surface area contributed by atoms with E-state index in [1.54, 1.807) is 24.3 Å². The van der Waals surface area contributed by atoms with E-state index in [2.05, 4.69) is 12.2 Å². The number of anilines is 4. The van der Waals surface area contributed by atoms with Crippen molar-refractivity contribution in [3.63, 3.8) is 0 Å². The van der Waals surface area contributed by atoms with Gasteiger partial charge >= 0.3 is 5.97 Å². The second kappa shape index (κ2) is 10.2. The van der Waals surface area contributed by atoms with Gasteiger partial charge in [-0.3, -0.25) is 4.79 Å². The van der Waals surface area contributed by atoms with Crippen LogP contribution in [0.5, 0.6) is 5.75 Å². The lowest BCUT2D eigenvalue weighted by atomic mass is 10.1. The van der Waals surface area contributed by atoms with E-state index in [1.807, 2.05) is 0 Å². The van der Waals surface area contributed by atoms with E-state index in [1.165, 1.54) is 25.0 Å². The molecule has 0 saturated carbocycles. The van der Waals surface area contributed by atoms with Gasteiger partial charge in [-0.2, -0.15) is 0 Å². The van der Waals surface area contributed by atoms with Crippen molar-refractivity contribution in [2.75, 3.05) is 22.5 Å². The van der Waals surface area contributed by atoms with Gasteiger partial charge in [0, 0.05) is 23.5 Å². The lowest BCUT2D eigenvalue weighted by Crippen LogP contribution is -2.13. The Hall–Kier alpha value is -3.22. The number of hydrogen-bond acceptors (Lipinski definition) is 6. The van der Waals surface area contributed by atoms with Gasteiger partial charge in [0.1, 0.15) is 0 Å². The van der Waals surface area contributed by atoms with Gasteiger partial charge in [0.05, 0.1) is 11.3 Å². The third-order valence-electron chi connectivity index (χ3n) is 4.22. The van der Waals surface area contributed by atoms with Crippen molar-refractivity contribution in [3.8, 4) is 5.75 Å². The van der Waals surface area contributed by atoms with E-state index in [9.17, 15) is 9.59 Å². The first-order valence-corrected chi connectivity index (χ1v) is 9.46. The number of carbonyl (C=O) groups excluding carboxylic acids is 2. The van der Waals surface area contributed by atoms with Crippen LogP contribution in [0.2, 0.25) is 0 Å². The molecule has 0 aliphatic rings. The summed E-state index contributed by atoms with van der Waals surface area (Å²) in [5, 5.41) is 2.81. The highest BCUT2D eigenvalue weighted by molar-refractivity contribution is 5.94. The monoisotopic (exact) mass is 384 g/mol. The fourth-order valence-corrected chi connectivity index (χ4v) is 2.78. The summed E-state index contributed by atoms with van der Waals surface area (Å²) in [6, 6.07) is 9.24. The van der Waals surface area contributed by atoms with Crippen LogP contribution in [0.4, 0.5) is 22.7 Å². The molecule has 150 valence electrons. The van der Waals surface area contributed by atoms with Crippen LogP contribution in [-0.2, 0) is 4.79 Å². The molecule has 7 nitrogen and oxygen atoms in total. The number of amides is 1. The van der Waals surface area contributed by atoms with Gasteiger partial charge in [0.2, 0.25) is 5.91 Å². The molecule has 0 radical (unpaired) electrons. The number of unbranched alkanes of at least 4 members (excludes halogenated alkanes) is 4. The molecular formula is C21H28N4O3. The highest BCUT2D eigenvalue weighted by Crippen LogP contribution is 2.27. The number of hydrogen-bond donors (Lipinski definition) is 4. The number of ether oxygens (including phenoxy) is 1. The summed E-state index contributed by atoms with van der Waals surface area (Å²) in [4.78, 5) is 24.3. The molecule has 7 N–H and O–H groups in total. The molecule has 0 saturated heterocycles. The molecule has 1 amide bonds. The van der Waals surface area contributed by atoms with E-state index in [0.29, 0.717) is 23.5 Å². The number of esters is 1. The predicted octanol–water partition coefficient (Wildman–Crippen LogP) is 3.95. The molecule has 0 unspecified atom stereocenters. The third kappa shape index (κ3) is 6.50. The van der Waals surface area contributed by atoms with E-state index in [4.69, 9.17) is 21.9 Å². The molecule has 2 rings (SSSR count). The van der Waals surface area contributed by atoms with Crippen molar-refractivity contribution in [3.05, 3.63) is 42.0 Å². The van der Waals surface area contributed by atoms with Gasteiger partial charge in [-0.1, -0.05) is 32.6 Å². The maximum Gasteiger partial charge on any atom is 0.343 e. The number of nitrogens with one attached hydrogen (secondary N) is 1. The number of benzene rings is 2. The van der Waals surface area contributed by atoms with E-state index in [-0.39, 0.29) is 22.9 Å². The Bertz CT molecular complexity index is 816. The maximum absolute atomic E-state index is 12.3. The van der Waals surface area contributed by atoms with Crippen LogP contribution in [0.1, 0.15) is 55.8 Å². The second-order valence-electron chi connectivity index (χ2n) is 6.74. The zero-order valence-electron chi connectivity index (χ0n) is 16.2. The van der Waals surface area contributed by atoms with Gasteiger partial charge in [0.15, 0.2) is 5.75 Å². The van der Waals surface area contributed by atoms with Crippen molar-refractivity contribution < 1.29 is 14.3 Å². The van der Waals surface area contributed by atoms with Crippen molar-refractivity contribution in [1.29, 1.82) is 0 Å². The normalized spacial score (nSPS) is 10.5. The second-order valence-corrected chi connectivity index (χ2v) is 6.74. The molecule has 2 aromatic rings. The van der Waals surface area contributed by atoms with Gasteiger partial charge in [0.25, 0.3) is 0 Å². The maximum atomic E-state index is 12.3. The van der Waals surface area contributed by atoms with Crippen molar-refractivity contribution in [2.24, 2.45) is 0 Å². The summed E-state index contributed by atoms with van der Waals surface area (Å²) in [5.74, 6) is -0.478. The summed E-state index contributed by atoms with van der Waals surface area (Å²) < 4.78 is 5.32. The smallest absolute Gasteiger partial charge is 0.343 e. The lowest BCUT2D eigenvalue weighted by molar-refractivity contribution is -0.116. The first-order chi connectivity index (χ1) is 13.4. The predicted molar refractivity (Wildman–Crippen MR) is 113 cm³/mol. The Morgan fingerprint density at radius 2 is 1.61 bits per heavy atom. The SMILES string of the molecule is CCCCCCCC(=O)Nc1ccc(OC(=O)c2cc(N)cc(N)c2)c(N)c1. The number of carbonyl (C=O) groups is 2. The Morgan fingerprint density at radius 1 is 0.929 bits per heavy atom. The summed E-state index contributed by atoms with van der Waals surface area (Å²) >= 11 is 0. The molecule has 0 aliphatic carbocycles. The van der Waals surface area contributed by atoms with E-state index >= 15 is 0 Å². The van der Waals surface area contributed by atoms with Crippen molar-refractivity contribution >= 4 is 34.6 Å². The van der Waals surface area contributed by atoms with Crippen LogP contribution < -0.4 is 27.3 Å². The molecule has 0 atom stereocenters. The highest BCUT2D eigenvalue weighted by Gasteiger charge is 2.13. The van der Waals surface area contributed by atoms with Crippen molar-refractivity contribution in [1.82, 2.24) is 0 Å². The largest absolute Gasteiger partial charge is 0.421 e. The quantitative estimate of drug-likeness (QED) is 0.224. The Labute approximate surface area is 165 Å². The van der Waals surface area contributed by atoms with Crippen molar-refractivity contribution in [2.45, 2.75) is 45.4 Å². The minimum Gasteiger partial charge on any atom is -0.421 e. The molecule has 7 heteroatoms. The summed E-state index contributed by atoms with van der Waals surface area (Å²) in [6.07, 6.45) is 5.90. The summed E-state index contributed by atoms with van der Waals surface area (Å²) in [7, 11) is 0. The average Bonchev–Trinajstić information content (AvgIpc) is 2.63. The number of nitrogen functional groups attached to an aromatic ring is 3. The lowest BCUT2D eigenvalue weighted by Gasteiger charge is -2.11. The van der Waals surface area contributed by atoms with Crippen LogP contribution in [-0.4, -0.2) is 11.9 Å². The molecule has 0 bridgehead atoms. The van der Waals surface area contributed by atoms with Crippen LogP contribution in [0.15, 0.2) is 36.4 Å². The fraction of sp³-hybridized carbons (Fsp3) is 0.333.